The molecule has 0 aromatic rings. The first-order valence-corrected chi connectivity index (χ1v) is 8.91. The minimum absolute atomic E-state index is 0.107. The summed E-state index contributed by atoms with van der Waals surface area (Å²) in [4.78, 5) is 0. The van der Waals surface area contributed by atoms with E-state index in [0.29, 0.717) is 32.6 Å². The molecule has 2 aliphatic heterocycles. The van der Waals surface area contributed by atoms with Gasteiger partial charge >= 0.3 is 0 Å². The lowest BCUT2D eigenvalue weighted by atomic mass is 10.1. The maximum atomic E-state index is 12.8. The Morgan fingerprint density at radius 3 is 2.47 bits per heavy atom. The highest BCUT2D eigenvalue weighted by molar-refractivity contribution is 7.89. The summed E-state index contributed by atoms with van der Waals surface area (Å²) in [6, 6.07) is 0.396. The predicted octanol–water partition coefficient (Wildman–Crippen LogP) is 0.958. The van der Waals surface area contributed by atoms with E-state index in [-0.39, 0.29) is 17.3 Å². The zero-order chi connectivity index (χ0) is 13.9. The molecule has 5 nitrogen and oxygen atoms in total. The number of hydrogen-bond donors (Lipinski definition) is 1. The van der Waals surface area contributed by atoms with E-state index in [0.717, 1.165) is 19.4 Å². The van der Waals surface area contributed by atoms with Crippen molar-refractivity contribution in [2.24, 2.45) is 0 Å². The normalized spacial score (nSPS) is 31.5. The fourth-order valence-electron chi connectivity index (χ4n) is 2.93. The van der Waals surface area contributed by atoms with Crippen molar-refractivity contribution in [2.45, 2.75) is 56.9 Å². The van der Waals surface area contributed by atoms with Gasteiger partial charge in [-0.15, -0.1) is 0 Å². The van der Waals surface area contributed by atoms with Gasteiger partial charge in [-0.05, 0) is 25.7 Å². The van der Waals surface area contributed by atoms with Crippen molar-refractivity contribution in [1.29, 1.82) is 0 Å². The summed E-state index contributed by atoms with van der Waals surface area (Å²) in [6.07, 6.45) is 3.11. The number of hydrogen-bond acceptors (Lipinski definition) is 4. The third-order valence-electron chi connectivity index (χ3n) is 4.33. The fourth-order valence-corrected chi connectivity index (χ4v) is 5.13. The van der Waals surface area contributed by atoms with Crippen LogP contribution in [0.2, 0.25) is 0 Å². The van der Waals surface area contributed by atoms with Gasteiger partial charge < -0.3 is 10.1 Å². The molecule has 2 heterocycles. The zero-order valence-corrected chi connectivity index (χ0v) is 12.8. The summed E-state index contributed by atoms with van der Waals surface area (Å²) in [5.74, 6) is 0. The molecule has 19 heavy (non-hydrogen) atoms. The highest BCUT2D eigenvalue weighted by Crippen LogP contribution is 2.24. The monoisotopic (exact) mass is 290 g/mol. The van der Waals surface area contributed by atoms with Crippen molar-refractivity contribution >= 4 is 10.0 Å². The summed E-state index contributed by atoms with van der Waals surface area (Å²) >= 11 is 0. The first kappa shape index (κ1) is 15.2. The van der Waals surface area contributed by atoms with Crippen LogP contribution in [0.1, 0.15) is 39.5 Å². The van der Waals surface area contributed by atoms with Gasteiger partial charge in [0.2, 0.25) is 10.0 Å². The van der Waals surface area contributed by atoms with E-state index in [1.165, 1.54) is 0 Å². The Morgan fingerprint density at radius 2 is 1.89 bits per heavy atom. The number of rotatable bonds is 4. The van der Waals surface area contributed by atoms with E-state index >= 15 is 0 Å². The molecule has 6 heteroatoms. The number of ether oxygens (including phenoxy) is 1. The molecule has 2 saturated heterocycles. The van der Waals surface area contributed by atoms with E-state index in [1.54, 1.807) is 4.31 Å². The minimum atomic E-state index is -3.18. The van der Waals surface area contributed by atoms with E-state index in [9.17, 15) is 8.42 Å². The summed E-state index contributed by atoms with van der Waals surface area (Å²) in [6.45, 7) is 6.70. The van der Waals surface area contributed by atoms with Gasteiger partial charge in [-0.1, -0.05) is 13.8 Å². The van der Waals surface area contributed by atoms with Crippen LogP contribution in [0.4, 0.5) is 0 Å². The first-order valence-electron chi connectivity index (χ1n) is 7.41. The highest BCUT2D eigenvalue weighted by atomic mass is 32.2. The average molecular weight is 290 g/mol. The first-order chi connectivity index (χ1) is 9.09. The van der Waals surface area contributed by atoms with E-state index < -0.39 is 10.0 Å². The SMILES string of the molecule is CCC1CN(S(=O)(=O)C2CCOCC2)C(CC)CN1. The van der Waals surface area contributed by atoms with Crippen molar-refractivity contribution in [1.82, 2.24) is 9.62 Å². The van der Waals surface area contributed by atoms with Gasteiger partial charge in [0.1, 0.15) is 0 Å². The van der Waals surface area contributed by atoms with E-state index in [4.69, 9.17) is 4.74 Å². The molecule has 0 amide bonds. The van der Waals surface area contributed by atoms with Crippen LogP contribution >= 0.6 is 0 Å². The zero-order valence-electron chi connectivity index (χ0n) is 12.0. The second-order valence-corrected chi connectivity index (χ2v) is 7.67. The molecule has 2 aliphatic rings. The summed E-state index contributed by atoms with van der Waals surface area (Å²) in [5.41, 5.74) is 0. The molecule has 1 N–H and O–H groups in total. The summed E-state index contributed by atoms with van der Waals surface area (Å²) in [5, 5.41) is 3.20. The molecular formula is C13H26N2O3S. The van der Waals surface area contributed by atoms with Crippen LogP contribution in [-0.2, 0) is 14.8 Å². The molecule has 0 saturated carbocycles. The maximum Gasteiger partial charge on any atom is 0.217 e. The number of nitrogens with one attached hydrogen (secondary N) is 1. The van der Waals surface area contributed by atoms with Crippen LogP contribution in [0.5, 0.6) is 0 Å². The molecular weight excluding hydrogens is 264 g/mol. The van der Waals surface area contributed by atoms with Gasteiger partial charge in [0.15, 0.2) is 0 Å². The average Bonchev–Trinajstić information content (AvgIpc) is 2.47. The van der Waals surface area contributed by atoms with Crippen LogP contribution in [0, 0.1) is 0 Å². The van der Waals surface area contributed by atoms with Crippen LogP contribution in [0.3, 0.4) is 0 Å². The molecule has 2 unspecified atom stereocenters. The van der Waals surface area contributed by atoms with Gasteiger partial charge in [-0.3, -0.25) is 0 Å². The molecule has 2 rings (SSSR count). The second kappa shape index (κ2) is 6.52. The third-order valence-corrected chi connectivity index (χ3v) is 6.75. The van der Waals surface area contributed by atoms with Gasteiger partial charge in [0, 0.05) is 38.4 Å². The van der Waals surface area contributed by atoms with Gasteiger partial charge in [-0.25, -0.2) is 8.42 Å². The molecule has 0 bridgehead atoms. The Hall–Kier alpha value is -0.170. The van der Waals surface area contributed by atoms with Crippen LogP contribution in [-0.4, -0.2) is 56.4 Å². The Labute approximate surface area is 116 Å². The second-order valence-electron chi connectivity index (χ2n) is 5.50. The quantitative estimate of drug-likeness (QED) is 0.838. The van der Waals surface area contributed by atoms with Crippen LogP contribution < -0.4 is 5.32 Å². The fraction of sp³-hybridized carbons (Fsp3) is 1.00. The Balaban J connectivity index is 2.14. The standard InChI is InChI=1S/C13H26N2O3S/c1-3-11-10-15(12(4-2)9-14-11)19(16,17)13-5-7-18-8-6-13/h11-14H,3-10H2,1-2H3. The Kier molecular flexibility index (Phi) is 5.22. The molecule has 0 aromatic carbocycles. The molecule has 112 valence electrons. The number of piperazine rings is 1. The molecule has 2 fully saturated rings. The van der Waals surface area contributed by atoms with Crippen LogP contribution in [0.25, 0.3) is 0 Å². The number of sulfonamides is 1. The number of nitrogens with zero attached hydrogens (tertiary/aromatic N) is 1. The van der Waals surface area contributed by atoms with Gasteiger partial charge in [0.25, 0.3) is 0 Å². The topological polar surface area (TPSA) is 58.6 Å². The lowest BCUT2D eigenvalue weighted by Crippen LogP contribution is -2.59. The van der Waals surface area contributed by atoms with Crippen molar-refractivity contribution in [3.63, 3.8) is 0 Å². The molecule has 0 spiro atoms. The lowest BCUT2D eigenvalue weighted by Gasteiger charge is -2.41. The largest absolute Gasteiger partial charge is 0.381 e. The van der Waals surface area contributed by atoms with Gasteiger partial charge in [0.05, 0.1) is 5.25 Å². The molecule has 0 radical (unpaired) electrons. The van der Waals surface area contributed by atoms with Crippen molar-refractivity contribution in [3.05, 3.63) is 0 Å². The van der Waals surface area contributed by atoms with Crippen molar-refractivity contribution in [3.8, 4) is 0 Å². The molecule has 0 aliphatic carbocycles. The highest BCUT2D eigenvalue weighted by Gasteiger charge is 2.39. The van der Waals surface area contributed by atoms with Crippen LogP contribution in [0.15, 0.2) is 0 Å². The third kappa shape index (κ3) is 3.29. The molecule has 0 aromatic heterocycles. The lowest BCUT2D eigenvalue weighted by molar-refractivity contribution is 0.0959. The maximum absolute atomic E-state index is 12.8. The molecule has 2 atom stereocenters. The Morgan fingerprint density at radius 1 is 1.21 bits per heavy atom. The summed E-state index contributed by atoms with van der Waals surface area (Å²) in [7, 11) is -3.18. The minimum Gasteiger partial charge on any atom is -0.381 e. The van der Waals surface area contributed by atoms with E-state index in [1.807, 2.05) is 0 Å². The van der Waals surface area contributed by atoms with Crippen molar-refractivity contribution in [2.75, 3.05) is 26.3 Å². The van der Waals surface area contributed by atoms with Gasteiger partial charge in [-0.2, -0.15) is 4.31 Å². The smallest absolute Gasteiger partial charge is 0.217 e. The summed E-state index contributed by atoms with van der Waals surface area (Å²) < 4.78 is 32.7. The predicted molar refractivity (Wildman–Crippen MR) is 75.6 cm³/mol. The van der Waals surface area contributed by atoms with E-state index in [2.05, 4.69) is 19.2 Å². The van der Waals surface area contributed by atoms with Crippen molar-refractivity contribution < 1.29 is 13.2 Å². The Bertz CT molecular complexity index is 379.